The molecule has 0 bridgehead atoms. The molecule has 0 aliphatic carbocycles. The molecule has 2 N–H and O–H groups in total. The lowest BCUT2D eigenvalue weighted by Crippen LogP contribution is -2.37. The van der Waals surface area contributed by atoms with Gasteiger partial charge in [0.25, 0.3) is 0 Å². The van der Waals surface area contributed by atoms with Gasteiger partial charge in [0.05, 0.1) is 6.61 Å². The maximum Gasteiger partial charge on any atom is 0.230 e. The van der Waals surface area contributed by atoms with Crippen molar-refractivity contribution in [2.45, 2.75) is 20.0 Å². The molecular weight excluding hydrogens is 150 g/mol. The highest BCUT2D eigenvalue weighted by Gasteiger charge is 2.30. The molecule has 0 saturated heterocycles. The summed E-state index contributed by atoms with van der Waals surface area (Å²) in [5, 5.41) is 27.8. The van der Waals surface area contributed by atoms with E-state index < -0.39 is 23.0 Å². The van der Waals surface area contributed by atoms with Gasteiger partial charge in [-0.3, -0.25) is 10.1 Å². The quantitative estimate of drug-likeness (QED) is 0.438. The van der Waals surface area contributed by atoms with E-state index in [2.05, 4.69) is 0 Å². The zero-order chi connectivity index (χ0) is 9.07. The summed E-state index contributed by atoms with van der Waals surface area (Å²) < 4.78 is 0. The van der Waals surface area contributed by atoms with Crippen molar-refractivity contribution >= 4 is 0 Å². The summed E-state index contributed by atoms with van der Waals surface area (Å²) in [6.45, 7) is 2.36. The standard InChI is InChI=1S/C6H13NO4/c1-6(2,4-8)5(9)3-7(10)11/h5,8-9H,3-4H2,1-2H3. The Morgan fingerprint density at radius 1 is 1.64 bits per heavy atom. The lowest BCUT2D eigenvalue weighted by Gasteiger charge is -2.24. The molecule has 1 atom stereocenters. The van der Waals surface area contributed by atoms with Gasteiger partial charge in [-0.25, -0.2) is 0 Å². The molecule has 0 aromatic rings. The Bertz CT molecular complexity index is 146. The molecule has 0 saturated carbocycles. The van der Waals surface area contributed by atoms with Crippen LogP contribution in [0.2, 0.25) is 0 Å². The summed E-state index contributed by atoms with van der Waals surface area (Å²) in [7, 11) is 0. The molecule has 0 rings (SSSR count). The van der Waals surface area contributed by atoms with Crippen LogP contribution in [0.5, 0.6) is 0 Å². The summed E-state index contributed by atoms with van der Waals surface area (Å²) in [6.07, 6.45) is -1.09. The monoisotopic (exact) mass is 163 g/mol. The molecule has 0 radical (unpaired) electrons. The number of nitro groups is 1. The fourth-order valence-corrected chi connectivity index (χ4v) is 0.494. The Hall–Kier alpha value is -0.680. The lowest BCUT2D eigenvalue weighted by molar-refractivity contribution is -0.494. The van der Waals surface area contributed by atoms with Gasteiger partial charge in [0.2, 0.25) is 6.54 Å². The maximum atomic E-state index is 9.94. The molecule has 5 nitrogen and oxygen atoms in total. The summed E-state index contributed by atoms with van der Waals surface area (Å²) in [6, 6.07) is 0. The largest absolute Gasteiger partial charge is 0.396 e. The molecular formula is C6H13NO4. The molecule has 66 valence electrons. The average molecular weight is 163 g/mol. The number of hydrogen-bond acceptors (Lipinski definition) is 4. The van der Waals surface area contributed by atoms with E-state index in [-0.39, 0.29) is 6.61 Å². The summed E-state index contributed by atoms with van der Waals surface area (Å²) >= 11 is 0. The fourth-order valence-electron chi connectivity index (χ4n) is 0.494. The Balaban J connectivity index is 4.01. The van der Waals surface area contributed by atoms with Crippen LogP contribution in [0.3, 0.4) is 0 Å². The van der Waals surface area contributed by atoms with Gasteiger partial charge < -0.3 is 10.2 Å². The number of rotatable bonds is 4. The lowest BCUT2D eigenvalue weighted by atomic mass is 9.88. The summed E-state index contributed by atoms with van der Waals surface area (Å²) in [5.41, 5.74) is -0.799. The third-order valence-electron chi connectivity index (χ3n) is 1.63. The molecule has 0 spiro atoms. The van der Waals surface area contributed by atoms with Crippen LogP contribution < -0.4 is 0 Å². The van der Waals surface area contributed by atoms with Crippen LogP contribution in [-0.2, 0) is 0 Å². The Morgan fingerprint density at radius 2 is 2.09 bits per heavy atom. The Morgan fingerprint density at radius 3 is 2.36 bits per heavy atom. The first kappa shape index (κ1) is 10.3. The molecule has 0 heterocycles. The normalized spacial score (nSPS) is 14.5. The second kappa shape index (κ2) is 3.64. The predicted octanol–water partition coefficient (Wildman–Crippen LogP) is -0.357. The topological polar surface area (TPSA) is 83.6 Å². The van der Waals surface area contributed by atoms with Crippen molar-refractivity contribution in [2.24, 2.45) is 5.41 Å². The van der Waals surface area contributed by atoms with Crippen molar-refractivity contribution in [2.75, 3.05) is 13.2 Å². The van der Waals surface area contributed by atoms with E-state index in [1.807, 2.05) is 0 Å². The molecule has 0 aromatic carbocycles. The van der Waals surface area contributed by atoms with Crippen LogP contribution in [0.25, 0.3) is 0 Å². The van der Waals surface area contributed by atoms with E-state index in [0.29, 0.717) is 0 Å². The molecule has 5 heteroatoms. The van der Waals surface area contributed by atoms with Gasteiger partial charge >= 0.3 is 0 Å². The van der Waals surface area contributed by atoms with Crippen molar-refractivity contribution < 1.29 is 15.1 Å². The molecule has 0 aliphatic rings. The van der Waals surface area contributed by atoms with Gasteiger partial charge in [0.15, 0.2) is 0 Å². The van der Waals surface area contributed by atoms with Gasteiger partial charge in [-0.1, -0.05) is 13.8 Å². The van der Waals surface area contributed by atoms with E-state index >= 15 is 0 Å². The van der Waals surface area contributed by atoms with Crippen LogP contribution in [-0.4, -0.2) is 34.4 Å². The first-order valence-electron chi connectivity index (χ1n) is 3.31. The van der Waals surface area contributed by atoms with Gasteiger partial charge in [0, 0.05) is 10.3 Å². The van der Waals surface area contributed by atoms with Crippen molar-refractivity contribution in [1.82, 2.24) is 0 Å². The van der Waals surface area contributed by atoms with Crippen molar-refractivity contribution in [3.05, 3.63) is 10.1 Å². The number of hydrogen-bond donors (Lipinski definition) is 2. The molecule has 0 aromatic heterocycles. The molecule has 0 amide bonds. The van der Waals surface area contributed by atoms with Gasteiger partial charge in [-0.15, -0.1) is 0 Å². The Labute approximate surface area is 64.8 Å². The van der Waals surface area contributed by atoms with E-state index in [4.69, 9.17) is 10.2 Å². The minimum Gasteiger partial charge on any atom is -0.396 e. The van der Waals surface area contributed by atoms with E-state index in [1.54, 1.807) is 13.8 Å². The summed E-state index contributed by atoms with van der Waals surface area (Å²) in [5.74, 6) is 0. The van der Waals surface area contributed by atoms with E-state index in [9.17, 15) is 10.1 Å². The van der Waals surface area contributed by atoms with Gasteiger partial charge in [0.1, 0.15) is 6.10 Å². The first-order valence-corrected chi connectivity index (χ1v) is 3.31. The van der Waals surface area contributed by atoms with E-state index in [1.165, 1.54) is 0 Å². The molecule has 11 heavy (non-hydrogen) atoms. The minimum absolute atomic E-state index is 0.262. The Kier molecular flexibility index (Phi) is 3.41. The van der Waals surface area contributed by atoms with Crippen LogP contribution in [0.1, 0.15) is 13.8 Å². The van der Waals surface area contributed by atoms with Gasteiger partial charge in [-0.05, 0) is 0 Å². The van der Waals surface area contributed by atoms with E-state index in [0.717, 1.165) is 0 Å². The zero-order valence-electron chi connectivity index (χ0n) is 6.65. The molecule has 0 aliphatic heterocycles. The number of aliphatic hydroxyl groups excluding tert-OH is 2. The highest BCUT2D eigenvalue weighted by Crippen LogP contribution is 2.19. The van der Waals surface area contributed by atoms with Crippen LogP contribution >= 0.6 is 0 Å². The highest BCUT2D eigenvalue weighted by atomic mass is 16.6. The van der Waals surface area contributed by atoms with Crippen molar-refractivity contribution in [3.63, 3.8) is 0 Å². The fraction of sp³-hybridized carbons (Fsp3) is 1.00. The van der Waals surface area contributed by atoms with Crippen LogP contribution in [0.4, 0.5) is 0 Å². The van der Waals surface area contributed by atoms with Crippen LogP contribution in [0.15, 0.2) is 0 Å². The van der Waals surface area contributed by atoms with Gasteiger partial charge in [-0.2, -0.15) is 0 Å². The zero-order valence-corrected chi connectivity index (χ0v) is 6.65. The molecule has 1 unspecified atom stereocenters. The smallest absolute Gasteiger partial charge is 0.230 e. The molecule has 0 fully saturated rings. The highest BCUT2D eigenvalue weighted by molar-refractivity contribution is 4.75. The maximum absolute atomic E-state index is 9.94. The number of nitrogens with zero attached hydrogens (tertiary/aromatic N) is 1. The third kappa shape index (κ3) is 3.29. The number of aliphatic hydroxyl groups is 2. The SMILES string of the molecule is CC(C)(CO)C(O)C[N+](=O)[O-]. The summed E-state index contributed by atoms with van der Waals surface area (Å²) in [4.78, 5) is 9.34. The minimum atomic E-state index is -1.09. The van der Waals surface area contributed by atoms with Crippen LogP contribution in [0, 0.1) is 15.5 Å². The predicted molar refractivity (Wildman–Crippen MR) is 38.7 cm³/mol. The second-order valence-electron chi connectivity index (χ2n) is 3.18. The average Bonchev–Trinajstić information content (AvgIpc) is 1.86. The van der Waals surface area contributed by atoms with Crippen molar-refractivity contribution in [1.29, 1.82) is 0 Å². The first-order chi connectivity index (χ1) is 4.90. The second-order valence-corrected chi connectivity index (χ2v) is 3.18. The third-order valence-corrected chi connectivity index (χ3v) is 1.63. The van der Waals surface area contributed by atoms with Crippen molar-refractivity contribution in [3.8, 4) is 0 Å².